The molecule has 3 aromatic carbocycles. The second kappa shape index (κ2) is 10.1. The van der Waals surface area contributed by atoms with Gasteiger partial charge < -0.3 is 10.6 Å². The number of halogens is 1. The normalized spacial score (nSPS) is 11.3. The van der Waals surface area contributed by atoms with Gasteiger partial charge in [0.05, 0.1) is 23.4 Å². The zero-order valence-electron chi connectivity index (χ0n) is 18.9. The van der Waals surface area contributed by atoms with Crippen molar-refractivity contribution in [2.75, 3.05) is 21.2 Å². The summed E-state index contributed by atoms with van der Waals surface area (Å²) in [5.74, 6) is -0.498. The van der Waals surface area contributed by atoms with Gasteiger partial charge in [0.15, 0.2) is 0 Å². The summed E-state index contributed by atoms with van der Waals surface area (Å²) in [6.45, 7) is 1.57. The highest BCUT2D eigenvalue weighted by Crippen LogP contribution is 2.32. The van der Waals surface area contributed by atoms with Crippen molar-refractivity contribution in [1.29, 1.82) is 0 Å². The number of fused-ring (bicyclic) bond motifs is 1. The smallest absolute Gasteiger partial charge is 0.265 e. The van der Waals surface area contributed by atoms with Crippen LogP contribution < -0.4 is 14.9 Å². The fourth-order valence-electron chi connectivity index (χ4n) is 3.52. The number of carbonyl (C=O) groups is 2. The molecule has 2 amide bonds. The van der Waals surface area contributed by atoms with Gasteiger partial charge in [-0.15, -0.1) is 11.3 Å². The molecule has 35 heavy (non-hydrogen) atoms. The Bertz CT molecular complexity index is 1520. The van der Waals surface area contributed by atoms with Crippen LogP contribution in [-0.4, -0.2) is 26.5 Å². The van der Waals surface area contributed by atoms with E-state index in [0.29, 0.717) is 27.0 Å². The molecule has 10 heteroatoms. The Labute approximate surface area is 212 Å². The summed E-state index contributed by atoms with van der Waals surface area (Å²) in [5, 5.41) is 6.85. The molecular formula is C25H22ClN3O4S2. The first-order valence-corrected chi connectivity index (χ1v) is 13.6. The van der Waals surface area contributed by atoms with Crippen LogP contribution >= 0.6 is 22.9 Å². The van der Waals surface area contributed by atoms with E-state index in [-0.39, 0.29) is 18.4 Å². The monoisotopic (exact) mass is 527 g/mol. The van der Waals surface area contributed by atoms with Crippen molar-refractivity contribution in [2.45, 2.75) is 13.5 Å². The van der Waals surface area contributed by atoms with E-state index >= 15 is 0 Å². The Morgan fingerprint density at radius 3 is 2.29 bits per heavy atom. The molecule has 7 nitrogen and oxygen atoms in total. The maximum atomic E-state index is 12.9. The highest BCUT2D eigenvalue weighted by Gasteiger charge is 2.19. The molecule has 0 aliphatic heterocycles. The number of nitrogens with one attached hydrogen (secondary N) is 2. The third kappa shape index (κ3) is 6.19. The molecule has 0 radical (unpaired) electrons. The Morgan fingerprint density at radius 1 is 0.943 bits per heavy atom. The molecule has 0 spiro atoms. The largest absolute Gasteiger partial charge is 0.326 e. The number of anilines is 3. The summed E-state index contributed by atoms with van der Waals surface area (Å²) < 4.78 is 27.3. The minimum absolute atomic E-state index is 0.156. The molecule has 1 aromatic heterocycles. The molecule has 4 aromatic rings. The first-order chi connectivity index (χ1) is 16.6. The van der Waals surface area contributed by atoms with Gasteiger partial charge >= 0.3 is 0 Å². The molecule has 0 saturated carbocycles. The number of hydrogen-bond acceptors (Lipinski definition) is 5. The molecule has 0 fully saturated rings. The topological polar surface area (TPSA) is 95.6 Å². The van der Waals surface area contributed by atoms with E-state index in [4.69, 9.17) is 11.6 Å². The molecule has 0 bridgehead atoms. The van der Waals surface area contributed by atoms with Crippen LogP contribution in [0.4, 0.5) is 17.1 Å². The molecule has 0 saturated heterocycles. The average molecular weight is 528 g/mol. The summed E-state index contributed by atoms with van der Waals surface area (Å²) in [6, 6.07) is 20.9. The van der Waals surface area contributed by atoms with E-state index in [2.05, 4.69) is 10.6 Å². The van der Waals surface area contributed by atoms with E-state index in [1.54, 1.807) is 66.7 Å². The van der Waals surface area contributed by atoms with Crippen LogP contribution in [0.25, 0.3) is 10.1 Å². The molecule has 0 unspecified atom stereocenters. The van der Waals surface area contributed by atoms with E-state index in [0.717, 1.165) is 21.9 Å². The predicted octanol–water partition coefficient (Wildman–Crippen LogP) is 5.73. The number of amides is 2. The number of carbonyl (C=O) groups excluding carboxylic acids is 2. The SMILES string of the molecule is CC(=O)Nc1cccc(NC(=O)c2cc3cc(N(Cc4ccc(Cl)cc4)S(C)(=O)=O)ccc3s2)c1. The van der Waals surface area contributed by atoms with Gasteiger partial charge in [0, 0.05) is 28.0 Å². The van der Waals surface area contributed by atoms with Gasteiger partial charge in [-0.2, -0.15) is 0 Å². The zero-order chi connectivity index (χ0) is 25.2. The lowest BCUT2D eigenvalue weighted by atomic mass is 10.2. The van der Waals surface area contributed by atoms with Crippen molar-refractivity contribution in [3.63, 3.8) is 0 Å². The van der Waals surface area contributed by atoms with E-state index in [1.807, 2.05) is 6.07 Å². The molecule has 0 aliphatic carbocycles. The maximum Gasteiger partial charge on any atom is 0.265 e. The number of hydrogen-bond donors (Lipinski definition) is 2. The number of sulfonamides is 1. The van der Waals surface area contributed by atoms with Crippen molar-refractivity contribution in [2.24, 2.45) is 0 Å². The highest BCUT2D eigenvalue weighted by molar-refractivity contribution is 7.92. The number of rotatable bonds is 7. The standard InChI is InChI=1S/C25H22ClN3O4S2/c1-16(30)27-20-4-3-5-21(14-20)28-25(31)24-13-18-12-22(10-11-23(18)34-24)29(35(2,32)33)15-17-6-8-19(26)9-7-17/h3-14H,15H2,1-2H3,(H,27,30)(H,28,31). The highest BCUT2D eigenvalue weighted by atomic mass is 35.5. The van der Waals surface area contributed by atoms with Gasteiger partial charge in [0.2, 0.25) is 15.9 Å². The molecule has 0 aliphatic rings. The van der Waals surface area contributed by atoms with Crippen molar-refractivity contribution < 1.29 is 18.0 Å². The number of thiophene rings is 1. The van der Waals surface area contributed by atoms with Crippen LogP contribution in [-0.2, 0) is 21.4 Å². The van der Waals surface area contributed by atoms with Gasteiger partial charge in [-0.1, -0.05) is 29.8 Å². The minimum atomic E-state index is -3.56. The van der Waals surface area contributed by atoms with Gasteiger partial charge in [0.25, 0.3) is 5.91 Å². The van der Waals surface area contributed by atoms with Crippen LogP contribution in [0.2, 0.25) is 5.02 Å². The minimum Gasteiger partial charge on any atom is -0.326 e. The Hall–Kier alpha value is -3.40. The van der Waals surface area contributed by atoms with E-state index in [9.17, 15) is 18.0 Å². The summed E-state index contributed by atoms with van der Waals surface area (Å²) in [4.78, 5) is 24.6. The number of nitrogens with zero attached hydrogens (tertiary/aromatic N) is 1. The molecule has 2 N–H and O–H groups in total. The summed E-state index contributed by atoms with van der Waals surface area (Å²) in [6.07, 6.45) is 1.16. The third-order valence-electron chi connectivity index (χ3n) is 5.09. The van der Waals surface area contributed by atoms with Crippen molar-refractivity contribution >= 4 is 71.9 Å². The van der Waals surface area contributed by atoms with Crippen molar-refractivity contribution in [1.82, 2.24) is 0 Å². The molecule has 180 valence electrons. The Balaban J connectivity index is 1.58. The van der Waals surface area contributed by atoms with Crippen LogP contribution in [0.5, 0.6) is 0 Å². The predicted molar refractivity (Wildman–Crippen MR) is 143 cm³/mol. The first kappa shape index (κ1) is 24.7. The lowest BCUT2D eigenvalue weighted by molar-refractivity contribution is -0.114. The van der Waals surface area contributed by atoms with Crippen LogP contribution in [0.1, 0.15) is 22.2 Å². The van der Waals surface area contributed by atoms with Gasteiger partial charge in [0.1, 0.15) is 0 Å². The fourth-order valence-corrected chi connectivity index (χ4v) is 5.47. The molecule has 4 rings (SSSR count). The lowest BCUT2D eigenvalue weighted by Gasteiger charge is -2.22. The van der Waals surface area contributed by atoms with E-state index < -0.39 is 10.0 Å². The van der Waals surface area contributed by atoms with Crippen LogP contribution in [0.3, 0.4) is 0 Å². The van der Waals surface area contributed by atoms with Gasteiger partial charge in [-0.3, -0.25) is 13.9 Å². The van der Waals surface area contributed by atoms with Crippen molar-refractivity contribution in [3.8, 4) is 0 Å². The van der Waals surface area contributed by atoms with Crippen molar-refractivity contribution in [3.05, 3.63) is 88.3 Å². The zero-order valence-corrected chi connectivity index (χ0v) is 21.3. The Morgan fingerprint density at radius 2 is 1.63 bits per heavy atom. The summed E-state index contributed by atoms with van der Waals surface area (Å²) in [7, 11) is -3.56. The summed E-state index contributed by atoms with van der Waals surface area (Å²) >= 11 is 7.26. The number of benzene rings is 3. The molecular weight excluding hydrogens is 506 g/mol. The van der Waals surface area contributed by atoms with Gasteiger partial charge in [-0.25, -0.2) is 8.42 Å². The fraction of sp³-hybridized carbons (Fsp3) is 0.120. The molecule has 0 atom stereocenters. The first-order valence-electron chi connectivity index (χ1n) is 10.5. The average Bonchev–Trinajstić information content (AvgIpc) is 3.21. The lowest BCUT2D eigenvalue weighted by Crippen LogP contribution is -2.29. The van der Waals surface area contributed by atoms with E-state index in [1.165, 1.54) is 22.6 Å². The third-order valence-corrected chi connectivity index (χ3v) is 7.60. The summed E-state index contributed by atoms with van der Waals surface area (Å²) in [5.41, 5.74) is 2.43. The molecule has 1 heterocycles. The quantitative estimate of drug-likeness (QED) is 0.321. The second-order valence-electron chi connectivity index (χ2n) is 7.94. The van der Waals surface area contributed by atoms with Gasteiger partial charge in [-0.05, 0) is 65.5 Å². The van der Waals surface area contributed by atoms with Crippen LogP contribution in [0.15, 0.2) is 72.8 Å². The Kier molecular flexibility index (Phi) is 7.11. The van der Waals surface area contributed by atoms with Crippen LogP contribution in [0, 0.1) is 0 Å². The second-order valence-corrected chi connectivity index (χ2v) is 11.4. The maximum absolute atomic E-state index is 12.9.